The number of unbranched alkanes of at least 4 members (excludes halogenated alkanes) is 1. The molecule has 192 valence electrons. The van der Waals surface area contributed by atoms with Crippen molar-refractivity contribution in [3.63, 3.8) is 0 Å². The van der Waals surface area contributed by atoms with Crippen LogP contribution >= 0.6 is 0 Å². The summed E-state index contributed by atoms with van der Waals surface area (Å²) in [6.45, 7) is 9.99. The summed E-state index contributed by atoms with van der Waals surface area (Å²) in [5, 5.41) is 0.462. The molecule has 0 saturated carbocycles. The van der Waals surface area contributed by atoms with E-state index in [1.165, 1.54) is 0 Å². The second-order valence-corrected chi connectivity index (χ2v) is 9.19. The predicted octanol–water partition coefficient (Wildman–Crippen LogP) is 5.73. The summed E-state index contributed by atoms with van der Waals surface area (Å²) in [6.07, 6.45) is 2.72. The highest BCUT2D eigenvalue weighted by atomic mass is 16.5. The van der Waals surface area contributed by atoms with Crippen LogP contribution in [0, 0.1) is 0 Å². The molecule has 2 aromatic carbocycles. The first-order chi connectivity index (χ1) is 17.5. The number of amides is 1. The Morgan fingerprint density at radius 3 is 2.53 bits per heavy atom. The van der Waals surface area contributed by atoms with Gasteiger partial charge in [0.15, 0.2) is 16.9 Å². The second kappa shape index (κ2) is 11.6. The first-order valence-corrected chi connectivity index (χ1v) is 12.8. The van der Waals surface area contributed by atoms with Crippen LogP contribution in [0.1, 0.15) is 74.7 Å². The van der Waals surface area contributed by atoms with Crippen molar-refractivity contribution in [2.45, 2.75) is 59.1 Å². The van der Waals surface area contributed by atoms with Crippen LogP contribution in [0.4, 0.5) is 0 Å². The summed E-state index contributed by atoms with van der Waals surface area (Å²) < 4.78 is 23.5. The number of hydrogen-bond acceptors (Lipinski definition) is 6. The average Bonchev–Trinajstić information content (AvgIpc) is 3.14. The van der Waals surface area contributed by atoms with Gasteiger partial charge < -0.3 is 23.5 Å². The normalized spacial score (nSPS) is 15.1. The second-order valence-electron chi connectivity index (χ2n) is 9.19. The quantitative estimate of drug-likeness (QED) is 0.300. The van der Waals surface area contributed by atoms with Crippen molar-refractivity contribution in [2.24, 2.45) is 0 Å². The molecule has 1 aromatic heterocycles. The number of ether oxygens (including phenoxy) is 3. The van der Waals surface area contributed by atoms with Gasteiger partial charge in [0.2, 0.25) is 5.76 Å². The van der Waals surface area contributed by atoms with Gasteiger partial charge >= 0.3 is 0 Å². The van der Waals surface area contributed by atoms with Gasteiger partial charge in [0, 0.05) is 13.2 Å². The van der Waals surface area contributed by atoms with Crippen molar-refractivity contribution in [3.8, 4) is 11.5 Å². The minimum absolute atomic E-state index is 0.106. The van der Waals surface area contributed by atoms with Gasteiger partial charge in [-0.25, -0.2) is 0 Å². The van der Waals surface area contributed by atoms with Crippen LogP contribution in [0.25, 0.3) is 11.0 Å². The fourth-order valence-corrected chi connectivity index (χ4v) is 4.51. The lowest BCUT2D eigenvalue weighted by molar-refractivity contribution is 0.0593. The van der Waals surface area contributed by atoms with Crippen molar-refractivity contribution in [1.29, 1.82) is 0 Å². The molecule has 0 N–H and O–H groups in total. The summed E-state index contributed by atoms with van der Waals surface area (Å²) in [4.78, 5) is 28.9. The molecule has 3 aromatic rings. The highest BCUT2D eigenvalue weighted by molar-refractivity contribution is 5.99. The molecule has 2 heterocycles. The van der Waals surface area contributed by atoms with Crippen LogP contribution in [0.15, 0.2) is 51.7 Å². The van der Waals surface area contributed by atoms with Crippen LogP contribution in [-0.4, -0.2) is 43.3 Å². The van der Waals surface area contributed by atoms with Crippen molar-refractivity contribution in [2.75, 3.05) is 26.4 Å². The van der Waals surface area contributed by atoms with Gasteiger partial charge in [-0.3, -0.25) is 9.59 Å². The van der Waals surface area contributed by atoms with Gasteiger partial charge in [0.25, 0.3) is 5.91 Å². The third-order valence-corrected chi connectivity index (χ3v) is 6.21. The molecule has 0 radical (unpaired) electrons. The summed E-state index contributed by atoms with van der Waals surface area (Å²) in [5.74, 6) is 1.07. The van der Waals surface area contributed by atoms with Crippen LogP contribution in [-0.2, 0) is 4.74 Å². The topological polar surface area (TPSA) is 78.2 Å². The Labute approximate surface area is 212 Å². The van der Waals surface area contributed by atoms with E-state index in [0.29, 0.717) is 60.8 Å². The van der Waals surface area contributed by atoms with Crippen molar-refractivity contribution < 1.29 is 23.4 Å². The fraction of sp³-hybridized carbons (Fsp3) is 0.448. The maximum Gasteiger partial charge on any atom is 0.290 e. The third-order valence-electron chi connectivity index (χ3n) is 6.21. The lowest BCUT2D eigenvalue weighted by atomic mass is 9.98. The molecule has 4 rings (SSSR count). The fourth-order valence-electron chi connectivity index (χ4n) is 4.51. The van der Waals surface area contributed by atoms with Crippen LogP contribution < -0.4 is 14.9 Å². The van der Waals surface area contributed by atoms with Crippen molar-refractivity contribution in [3.05, 3.63) is 69.6 Å². The molecule has 0 saturated heterocycles. The zero-order chi connectivity index (χ0) is 25.7. The monoisotopic (exact) mass is 493 g/mol. The number of hydrogen-bond donors (Lipinski definition) is 0. The van der Waals surface area contributed by atoms with E-state index in [4.69, 9.17) is 18.6 Å². The SMILES string of the molecule is CCCCOc1ccc([C@@H]2c3c(oc4ccccc4c3=O)C(=O)N2CCCOC(C)C)cc1OCC. The average molecular weight is 494 g/mol. The Balaban J connectivity index is 1.77. The van der Waals surface area contributed by atoms with Crippen LogP contribution in [0.2, 0.25) is 0 Å². The zero-order valence-electron chi connectivity index (χ0n) is 21.5. The minimum atomic E-state index is -0.587. The Morgan fingerprint density at radius 1 is 0.972 bits per heavy atom. The number of fused-ring (bicyclic) bond motifs is 2. The van der Waals surface area contributed by atoms with E-state index in [1.807, 2.05) is 39.0 Å². The minimum Gasteiger partial charge on any atom is -0.490 e. The van der Waals surface area contributed by atoms with Crippen LogP contribution in [0.3, 0.4) is 0 Å². The van der Waals surface area contributed by atoms with E-state index in [9.17, 15) is 9.59 Å². The molecule has 1 atom stereocenters. The van der Waals surface area contributed by atoms with E-state index < -0.39 is 6.04 Å². The Morgan fingerprint density at radius 2 is 1.78 bits per heavy atom. The zero-order valence-corrected chi connectivity index (χ0v) is 21.5. The predicted molar refractivity (Wildman–Crippen MR) is 139 cm³/mol. The van der Waals surface area contributed by atoms with Crippen molar-refractivity contribution in [1.82, 2.24) is 4.90 Å². The molecule has 0 aliphatic carbocycles. The Hall–Kier alpha value is -3.32. The van der Waals surface area contributed by atoms with E-state index in [0.717, 1.165) is 18.4 Å². The third kappa shape index (κ3) is 5.26. The molecule has 0 spiro atoms. The van der Waals surface area contributed by atoms with Gasteiger partial charge in [-0.2, -0.15) is 0 Å². The lowest BCUT2D eigenvalue weighted by Gasteiger charge is -2.26. The smallest absolute Gasteiger partial charge is 0.290 e. The maximum absolute atomic E-state index is 13.6. The highest BCUT2D eigenvalue weighted by Crippen LogP contribution is 2.41. The number of carbonyl (C=O) groups excluding carboxylic acids is 1. The highest BCUT2D eigenvalue weighted by Gasteiger charge is 2.42. The molecule has 1 amide bonds. The number of rotatable bonds is 12. The summed E-state index contributed by atoms with van der Waals surface area (Å²) in [6, 6.07) is 12.1. The van der Waals surface area contributed by atoms with Gasteiger partial charge in [-0.1, -0.05) is 31.5 Å². The van der Waals surface area contributed by atoms with Crippen LogP contribution in [0.5, 0.6) is 11.5 Å². The summed E-state index contributed by atoms with van der Waals surface area (Å²) in [5.41, 5.74) is 1.37. The molecule has 7 heteroatoms. The van der Waals surface area contributed by atoms with Gasteiger partial charge in [0.05, 0.1) is 36.3 Å². The van der Waals surface area contributed by atoms with Gasteiger partial charge in [-0.15, -0.1) is 0 Å². The van der Waals surface area contributed by atoms with E-state index in [1.54, 1.807) is 29.2 Å². The molecular weight excluding hydrogens is 458 g/mol. The molecule has 36 heavy (non-hydrogen) atoms. The Bertz CT molecular complexity index is 1260. The van der Waals surface area contributed by atoms with E-state index in [-0.39, 0.29) is 23.2 Å². The van der Waals surface area contributed by atoms with E-state index >= 15 is 0 Å². The van der Waals surface area contributed by atoms with Gasteiger partial charge in [-0.05, 0) is 63.4 Å². The largest absolute Gasteiger partial charge is 0.490 e. The first kappa shape index (κ1) is 25.8. The molecule has 0 bridgehead atoms. The molecule has 1 aliphatic heterocycles. The maximum atomic E-state index is 13.6. The molecular formula is C29H35NO6. The number of benzene rings is 2. The van der Waals surface area contributed by atoms with Gasteiger partial charge in [0.1, 0.15) is 5.58 Å². The standard InChI is InChI=1S/C29H35NO6/c1-5-7-16-35-23-14-13-20(18-24(23)33-6-2)26-25-27(31)21-11-8-9-12-22(21)36-28(25)29(32)30(26)15-10-17-34-19(3)4/h8-9,11-14,18-19,26H,5-7,10,15-17H2,1-4H3/t26-/m1/s1. The first-order valence-electron chi connectivity index (χ1n) is 12.8. The number of carbonyl (C=O) groups is 1. The number of nitrogens with zero attached hydrogens (tertiary/aromatic N) is 1. The number of para-hydroxylation sites is 1. The van der Waals surface area contributed by atoms with E-state index in [2.05, 4.69) is 6.92 Å². The Kier molecular flexibility index (Phi) is 8.31. The molecule has 0 unspecified atom stereocenters. The molecule has 1 aliphatic rings. The summed E-state index contributed by atoms with van der Waals surface area (Å²) in [7, 11) is 0. The molecule has 7 nitrogen and oxygen atoms in total. The lowest BCUT2D eigenvalue weighted by Crippen LogP contribution is -2.31. The summed E-state index contributed by atoms with van der Waals surface area (Å²) >= 11 is 0. The van der Waals surface area contributed by atoms with Crippen molar-refractivity contribution >= 4 is 16.9 Å². The molecule has 0 fully saturated rings.